The molecule has 0 aliphatic carbocycles. The van der Waals surface area contributed by atoms with Gasteiger partial charge in [0.2, 0.25) is 5.91 Å². The van der Waals surface area contributed by atoms with Gasteiger partial charge in [0.25, 0.3) is 0 Å². The Balaban J connectivity index is 2.18. The number of nitrogens with one attached hydrogen (secondary N) is 1. The highest BCUT2D eigenvalue weighted by molar-refractivity contribution is 7.11. The average Bonchev–Trinajstić information content (AvgIpc) is 2.85. The van der Waals surface area contributed by atoms with Gasteiger partial charge in [-0.05, 0) is 32.3 Å². The van der Waals surface area contributed by atoms with Crippen molar-refractivity contribution in [2.45, 2.75) is 27.2 Å². The molecular weight excluding hydrogens is 292 g/mol. The van der Waals surface area contributed by atoms with E-state index in [4.69, 9.17) is 5.11 Å². The third kappa shape index (κ3) is 2.94. The van der Waals surface area contributed by atoms with Crippen LogP contribution >= 0.6 is 11.5 Å². The summed E-state index contributed by atoms with van der Waals surface area (Å²) in [5.74, 6) is -1.37. The van der Waals surface area contributed by atoms with Crippen molar-refractivity contribution in [3.05, 3.63) is 28.2 Å². The van der Waals surface area contributed by atoms with Crippen molar-refractivity contribution in [1.29, 1.82) is 0 Å². The molecule has 2 N–H and O–H groups in total. The fraction of sp³-hybridized carbons (Fsp3) is 0.385. The lowest BCUT2D eigenvalue weighted by atomic mass is 10.1. The Labute approximate surface area is 125 Å². The summed E-state index contributed by atoms with van der Waals surface area (Å²) in [6, 6.07) is 0. The third-order valence-electron chi connectivity index (χ3n) is 3.33. The van der Waals surface area contributed by atoms with Crippen LogP contribution in [0.5, 0.6) is 0 Å². The highest BCUT2D eigenvalue weighted by atomic mass is 32.1. The van der Waals surface area contributed by atoms with Crippen LogP contribution in [-0.2, 0) is 18.3 Å². The van der Waals surface area contributed by atoms with Crippen molar-refractivity contribution in [3.8, 4) is 0 Å². The number of aryl methyl sites for hydroxylation is 3. The van der Waals surface area contributed by atoms with E-state index in [0.29, 0.717) is 5.69 Å². The molecule has 2 heterocycles. The molecule has 0 unspecified atom stereocenters. The lowest BCUT2D eigenvalue weighted by molar-refractivity contribution is -0.115. The molecule has 0 fully saturated rings. The molecular formula is C13H16N4O3S. The van der Waals surface area contributed by atoms with E-state index in [1.807, 2.05) is 20.9 Å². The van der Waals surface area contributed by atoms with Crippen LogP contribution in [0.25, 0.3) is 0 Å². The Morgan fingerprint density at radius 3 is 2.48 bits per heavy atom. The minimum Gasteiger partial charge on any atom is -0.478 e. The van der Waals surface area contributed by atoms with Crippen LogP contribution in [0, 0.1) is 20.8 Å². The molecule has 0 bridgehead atoms. The molecule has 1 amide bonds. The molecule has 0 saturated carbocycles. The number of carboxylic acids is 1. The molecule has 21 heavy (non-hydrogen) atoms. The first-order valence-electron chi connectivity index (χ1n) is 6.29. The molecule has 0 spiro atoms. The lowest BCUT2D eigenvalue weighted by Gasteiger charge is -2.04. The number of amides is 1. The standard InChI is InChI=1S/C13H16N4O3S/c1-6-9(8(3)17(4)15-6)5-10(18)14-12-11(13(19)20)7(2)16-21-12/h5H2,1-4H3,(H,14,18)(H,19,20). The number of hydrogen-bond acceptors (Lipinski definition) is 5. The van der Waals surface area contributed by atoms with Crippen LogP contribution in [0.2, 0.25) is 0 Å². The molecule has 2 rings (SSSR count). The van der Waals surface area contributed by atoms with E-state index < -0.39 is 5.97 Å². The Kier molecular flexibility index (Phi) is 4.08. The van der Waals surface area contributed by atoms with Gasteiger partial charge in [-0.3, -0.25) is 9.48 Å². The first-order valence-corrected chi connectivity index (χ1v) is 7.07. The predicted octanol–water partition coefficient (Wildman–Crippen LogP) is 1.68. The molecule has 7 nitrogen and oxygen atoms in total. The average molecular weight is 308 g/mol. The largest absolute Gasteiger partial charge is 0.478 e. The molecule has 112 valence electrons. The number of rotatable bonds is 4. The third-order valence-corrected chi connectivity index (χ3v) is 4.18. The number of hydrogen-bond donors (Lipinski definition) is 2. The number of carboxylic acid groups (broad SMARTS) is 1. The molecule has 2 aromatic heterocycles. The van der Waals surface area contributed by atoms with Crippen LogP contribution in [0.4, 0.5) is 5.00 Å². The minimum absolute atomic E-state index is 0.0491. The van der Waals surface area contributed by atoms with Crippen molar-refractivity contribution >= 4 is 28.4 Å². The summed E-state index contributed by atoms with van der Waals surface area (Å²) in [5, 5.41) is 16.3. The summed E-state index contributed by atoms with van der Waals surface area (Å²) in [4.78, 5) is 23.3. The zero-order chi connectivity index (χ0) is 15.7. The second-order valence-corrected chi connectivity index (χ2v) is 5.55. The molecule has 0 radical (unpaired) electrons. The summed E-state index contributed by atoms with van der Waals surface area (Å²) in [6.07, 6.45) is 0.154. The van der Waals surface area contributed by atoms with Gasteiger partial charge in [-0.1, -0.05) is 0 Å². The van der Waals surface area contributed by atoms with Gasteiger partial charge in [0.1, 0.15) is 10.6 Å². The maximum atomic E-state index is 12.1. The Morgan fingerprint density at radius 1 is 1.29 bits per heavy atom. The molecule has 0 aromatic carbocycles. The van der Waals surface area contributed by atoms with Gasteiger partial charge in [0, 0.05) is 18.3 Å². The normalized spacial score (nSPS) is 10.7. The van der Waals surface area contributed by atoms with Gasteiger partial charge in [0.05, 0.1) is 17.8 Å². The zero-order valence-electron chi connectivity index (χ0n) is 12.2. The van der Waals surface area contributed by atoms with Gasteiger partial charge in [-0.2, -0.15) is 9.47 Å². The second-order valence-electron chi connectivity index (χ2n) is 4.78. The van der Waals surface area contributed by atoms with E-state index in [2.05, 4.69) is 14.8 Å². The van der Waals surface area contributed by atoms with Crippen molar-refractivity contribution < 1.29 is 14.7 Å². The second kappa shape index (κ2) is 5.65. The van der Waals surface area contributed by atoms with E-state index in [0.717, 1.165) is 28.5 Å². The van der Waals surface area contributed by atoms with Crippen LogP contribution in [0.1, 0.15) is 33.0 Å². The lowest BCUT2D eigenvalue weighted by Crippen LogP contribution is -2.16. The fourth-order valence-electron chi connectivity index (χ4n) is 2.11. The van der Waals surface area contributed by atoms with Crippen molar-refractivity contribution in [2.75, 3.05) is 5.32 Å². The summed E-state index contributed by atoms with van der Waals surface area (Å²) < 4.78 is 5.69. The summed E-state index contributed by atoms with van der Waals surface area (Å²) >= 11 is 0.973. The smallest absolute Gasteiger partial charge is 0.340 e. The molecule has 0 aliphatic rings. The number of aromatic carboxylic acids is 1. The maximum Gasteiger partial charge on any atom is 0.340 e. The Hall–Kier alpha value is -2.22. The topological polar surface area (TPSA) is 97.1 Å². The van der Waals surface area contributed by atoms with Crippen LogP contribution in [0.15, 0.2) is 0 Å². The summed E-state index contributed by atoms with van der Waals surface area (Å²) in [6.45, 7) is 5.34. The van der Waals surface area contributed by atoms with Crippen LogP contribution < -0.4 is 5.32 Å². The summed E-state index contributed by atoms with van der Waals surface area (Å²) in [7, 11) is 1.82. The minimum atomic E-state index is -1.09. The van der Waals surface area contributed by atoms with Crippen molar-refractivity contribution in [2.24, 2.45) is 7.05 Å². The van der Waals surface area contributed by atoms with Gasteiger partial charge in [-0.15, -0.1) is 0 Å². The monoisotopic (exact) mass is 308 g/mol. The fourth-order valence-corrected chi connectivity index (χ4v) is 2.92. The zero-order valence-corrected chi connectivity index (χ0v) is 13.0. The SMILES string of the molecule is Cc1nn(C)c(C)c1CC(=O)Nc1snc(C)c1C(=O)O. The van der Waals surface area contributed by atoms with Gasteiger partial charge in [0.15, 0.2) is 0 Å². The summed E-state index contributed by atoms with van der Waals surface area (Å²) in [5.41, 5.74) is 3.02. The number of aromatic nitrogens is 3. The highest BCUT2D eigenvalue weighted by Crippen LogP contribution is 2.24. The highest BCUT2D eigenvalue weighted by Gasteiger charge is 2.20. The molecule has 8 heteroatoms. The molecule has 0 saturated heterocycles. The van der Waals surface area contributed by atoms with E-state index in [-0.39, 0.29) is 22.9 Å². The van der Waals surface area contributed by atoms with E-state index >= 15 is 0 Å². The number of carbonyl (C=O) groups is 2. The number of carbonyl (C=O) groups excluding carboxylic acids is 1. The predicted molar refractivity (Wildman–Crippen MR) is 78.8 cm³/mol. The van der Waals surface area contributed by atoms with Gasteiger partial charge < -0.3 is 10.4 Å². The van der Waals surface area contributed by atoms with Gasteiger partial charge >= 0.3 is 5.97 Å². The van der Waals surface area contributed by atoms with Gasteiger partial charge in [-0.25, -0.2) is 4.79 Å². The molecule has 2 aromatic rings. The first kappa shape index (κ1) is 15.2. The van der Waals surface area contributed by atoms with E-state index in [1.54, 1.807) is 11.6 Å². The van der Waals surface area contributed by atoms with Crippen LogP contribution in [0.3, 0.4) is 0 Å². The van der Waals surface area contributed by atoms with Crippen LogP contribution in [-0.4, -0.2) is 31.1 Å². The maximum absolute atomic E-state index is 12.1. The quantitative estimate of drug-likeness (QED) is 0.895. The van der Waals surface area contributed by atoms with Crippen molar-refractivity contribution in [3.63, 3.8) is 0 Å². The van der Waals surface area contributed by atoms with E-state index in [9.17, 15) is 9.59 Å². The Morgan fingerprint density at radius 2 is 1.95 bits per heavy atom. The molecule has 0 atom stereocenters. The van der Waals surface area contributed by atoms with Crippen molar-refractivity contribution in [1.82, 2.24) is 14.2 Å². The van der Waals surface area contributed by atoms with E-state index in [1.165, 1.54) is 0 Å². The Bertz CT molecular complexity index is 717. The number of nitrogens with zero attached hydrogens (tertiary/aromatic N) is 3. The molecule has 0 aliphatic heterocycles. The first-order chi connectivity index (χ1) is 9.81. The number of anilines is 1.